The fourth-order valence-electron chi connectivity index (χ4n) is 4.10. The van der Waals surface area contributed by atoms with Crippen molar-refractivity contribution in [1.29, 1.82) is 0 Å². The van der Waals surface area contributed by atoms with E-state index in [-0.39, 0.29) is 11.4 Å². The van der Waals surface area contributed by atoms with Crippen LogP contribution in [0.1, 0.15) is 21.5 Å². The molecule has 5 rings (SSSR count). The predicted molar refractivity (Wildman–Crippen MR) is 121 cm³/mol. The van der Waals surface area contributed by atoms with E-state index in [1.165, 1.54) is 12.1 Å². The predicted octanol–water partition coefficient (Wildman–Crippen LogP) is 2.33. The van der Waals surface area contributed by atoms with Crippen molar-refractivity contribution in [3.8, 4) is 5.88 Å². The first-order chi connectivity index (χ1) is 15.6. The van der Waals surface area contributed by atoms with Crippen molar-refractivity contribution in [2.24, 2.45) is 10.1 Å². The molecule has 9 nitrogen and oxygen atoms in total. The molecule has 32 heavy (non-hydrogen) atoms. The maximum absolute atomic E-state index is 11.5. The number of nitrogens with zero attached hydrogens (tertiary/aromatic N) is 3. The number of aromatic amines is 1. The number of H-pyrrole nitrogens is 1. The largest absolute Gasteiger partial charge is 0.494 e. The van der Waals surface area contributed by atoms with E-state index in [1.807, 2.05) is 24.3 Å². The van der Waals surface area contributed by atoms with Crippen molar-refractivity contribution < 1.29 is 19.8 Å². The molecule has 1 saturated heterocycles. The van der Waals surface area contributed by atoms with Crippen LogP contribution in [0.3, 0.4) is 0 Å². The van der Waals surface area contributed by atoms with Gasteiger partial charge in [-0.3, -0.25) is 4.90 Å². The molecule has 0 aliphatic carbocycles. The zero-order chi connectivity index (χ0) is 22.1. The van der Waals surface area contributed by atoms with Gasteiger partial charge in [0.2, 0.25) is 0 Å². The quantitative estimate of drug-likeness (QED) is 0.350. The van der Waals surface area contributed by atoms with Gasteiger partial charge in [-0.05, 0) is 24.3 Å². The highest BCUT2D eigenvalue weighted by Gasteiger charge is 2.29. The summed E-state index contributed by atoms with van der Waals surface area (Å²) in [6.07, 6.45) is 0. The summed E-state index contributed by atoms with van der Waals surface area (Å²) in [7, 11) is 0. The van der Waals surface area contributed by atoms with Gasteiger partial charge in [-0.25, -0.2) is 9.79 Å². The number of nitrogens with one attached hydrogen (secondary N) is 2. The monoisotopic (exact) mass is 433 g/mol. The van der Waals surface area contributed by atoms with Crippen molar-refractivity contribution in [2.75, 3.05) is 39.3 Å². The fraction of sp³-hybridized carbons (Fsp3) is 0.261. The molecule has 0 amide bonds. The molecular weight excluding hydrogens is 410 g/mol. The Morgan fingerprint density at radius 1 is 1.19 bits per heavy atom. The first-order valence-corrected chi connectivity index (χ1v) is 10.5. The number of carbonyl (C=O) groups is 1. The van der Waals surface area contributed by atoms with E-state index in [9.17, 15) is 15.0 Å². The van der Waals surface area contributed by atoms with Gasteiger partial charge in [-0.2, -0.15) is 0 Å². The van der Waals surface area contributed by atoms with Crippen molar-refractivity contribution in [3.05, 3.63) is 59.2 Å². The van der Waals surface area contributed by atoms with Crippen LogP contribution in [0.2, 0.25) is 0 Å². The molecule has 1 aromatic heterocycles. The number of carboxylic acid groups (broad SMARTS) is 1. The highest BCUT2D eigenvalue weighted by Crippen LogP contribution is 2.36. The van der Waals surface area contributed by atoms with Crippen molar-refractivity contribution in [3.63, 3.8) is 0 Å². The number of para-hydroxylation sites is 1. The van der Waals surface area contributed by atoms with Crippen LogP contribution in [0, 0.1) is 0 Å². The van der Waals surface area contributed by atoms with E-state index in [0.717, 1.165) is 44.0 Å². The summed E-state index contributed by atoms with van der Waals surface area (Å²) >= 11 is 0. The second-order valence-electron chi connectivity index (χ2n) is 7.76. The summed E-state index contributed by atoms with van der Waals surface area (Å²) < 4.78 is 0. The average molecular weight is 433 g/mol. The van der Waals surface area contributed by atoms with E-state index in [2.05, 4.69) is 25.3 Å². The number of oxime groups is 1. The molecule has 9 heteroatoms. The molecule has 3 heterocycles. The fourth-order valence-corrected chi connectivity index (χ4v) is 4.10. The Morgan fingerprint density at radius 3 is 2.81 bits per heavy atom. The van der Waals surface area contributed by atoms with Gasteiger partial charge in [0.25, 0.3) is 0 Å². The Kier molecular flexibility index (Phi) is 5.34. The number of aromatic nitrogens is 1. The van der Waals surface area contributed by atoms with Gasteiger partial charge in [-0.15, -0.1) is 0 Å². The number of aliphatic imine (C=N–C) groups is 1. The lowest BCUT2D eigenvalue weighted by Crippen LogP contribution is -2.44. The molecule has 0 radical (unpaired) electrons. The summed E-state index contributed by atoms with van der Waals surface area (Å²) in [5.41, 5.74) is 3.61. The normalized spacial score (nSPS) is 17.5. The van der Waals surface area contributed by atoms with Gasteiger partial charge in [-0.1, -0.05) is 23.4 Å². The zero-order valence-electron chi connectivity index (χ0n) is 17.3. The molecule has 0 unspecified atom stereocenters. The summed E-state index contributed by atoms with van der Waals surface area (Å²) in [4.78, 5) is 27.1. The molecule has 4 N–H and O–H groups in total. The van der Waals surface area contributed by atoms with Crippen LogP contribution in [-0.4, -0.2) is 76.8 Å². The van der Waals surface area contributed by atoms with Crippen molar-refractivity contribution in [2.45, 2.75) is 0 Å². The number of hydrogen-bond acceptors (Lipinski definition) is 7. The van der Waals surface area contributed by atoms with Crippen LogP contribution >= 0.6 is 0 Å². The maximum atomic E-state index is 11.5. The molecule has 0 spiro atoms. The number of fused-ring (bicyclic) bond motifs is 2. The number of piperazine rings is 1. The number of aromatic carboxylic acids is 1. The number of rotatable bonds is 6. The van der Waals surface area contributed by atoms with Crippen LogP contribution in [-0.2, 0) is 4.84 Å². The highest BCUT2D eigenvalue weighted by atomic mass is 16.6. The Hall–Kier alpha value is -3.69. The SMILES string of the molecule is O=C(O)c1ccc2[nH]c(O)c(C3=Nc4ccccc4/C3=N\OCCN3CCNCC3)c2c1. The highest BCUT2D eigenvalue weighted by molar-refractivity contribution is 6.58. The Labute approximate surface area is 184 Å². The molecule has 2 aromatic carbocycles. The van der Waals surface area contributed by atoms with Crippen LogP contribution in [0.4, 0.5) is 5.69 Å². The molecule has 2 aliphatic rings. The Bertz CT molecular complexity index is 1240. The first-order valence-electron chi connectivity index (χ1n) is 10.5. The standard InChI is InChI=1S/C23H23N5O4/c29-22-19(16-13-14(23(30)31)5-6-18(16)26-22)21-20(15-3-1-2-4-17(15)25-21)27-32-12-11-28-9-7-24-8-10-28/h1-6,13,24,26,29H,7-12H2,(H,30,31)/b27-20+. The van der Waals surface area contributed by atoms with E-state index >= 15 is 0 Å². The van der Waals surface area contributed by atoms with E-state index in [4.69, 9.17) is 4.84 Å². The summed E-state index contributed by atoms with van der Waals surface area (Å²) in [6, 6.07) is 12.2. The molecular formula is C23H23N5O4. The molecule has 0 atom stereocenters. The van der Waals surface area contributed by atoms with E-state index in [0.29, 0.717) is 34.5 Å². The lowest BCUT2D eigenvalue weighted by Gasteiger charge is -2.26. The second kappa shape index (κ2) is 8.45. The van der Waals surface area contributed by atoms with Gasteiger partial charge in [0.05, 0.1) is 16.8 Å². The lowest BCUT2D eigenvalue weighted by molar-refractivity contribution is 0.0697. The summed E-state index contributed by atoms with van der Waals surface area (Å²) in [6.45, 7) is 5.10. The summed E-state index contributed by atoms with van der Waals surface area (Å²) in [5, 5.41) is 28.3. The Balaban J connectivity index is 1.49. The first kappa shape index (κ1) is 20.2. The Morgan fingerprint density at radius 2 is 2.00 bits per heavy atom. The van der Waals surface area contributed by atoms with Gasteiger partial charge in [0, 0.05) is 49.2 Å². The minimum atomic E-state index is -1.04. The molecule has 0 bridgehead atoms. The molecule has 1 fully saturated rings. The van der Waals surface area contributed by atoms with Crippen LogP contribution < -0.4 is 5.32 Å². The van der Waals surface area contributed by atoms with E-state index < -0.39 is 5.97 Å². The number of benzene rings is 2. The third kappa shape index (κ3) is 3.72. The summed E-state index contributed by atoms with van der Waals surface area (Å²) in [5.74, 6) is -1.14. The number of aromatic hydroxyl groups is 1. The third-order valence-corrected chi connectivity index (χ3v) is 5.74. The van der Waals surface area contributed by atoms with Crippen molar-refractivity contribution in [1.82, 2.24) is 15.2 Å². The van der Waals surface area contributed by atoms with Crippen LogP contribution in [0.15, 0.2) is 52.6 Å². The van der Waals surface area contributed by atoms with Gasteiger partial charge < -0.3 is 25.4 Å². The minimum Gasteiger partial charge on any atom is -0.494 e. The average Bonchev–Trinajstić information content (AvgIpc) is 3.33. The third-order valence-electron chi connectivity index (χ3n) is 5.74. The van der Waals surface area contributed by atoms with Crippen molar-refractivity contribution >= 4 is 34.0 Å². The zero-order valence-corrected chi connectivity index (χ0v) is 17.3. The molecule has 164 valence electrons. The van der Waals surface area contributed by atoms with Gasteiger partial charge >= 0.3 is 5.97 Å². The second-order valence-corrected chi connectivity index (χ2v) is 7.76. The van der Waals surface area contributed by atoms with E-state index in [1.54, 1.807) is 6.07 Å². The smallest absolute Gasteiger partial charge is 0.335 e. The van der Waals surface area contributed by atoms with Crippen LogP contribution in [0.25, 0.3) is 10.9 Å². The van der Waals surface area contributed by atoms with Crippen LogP contribution in [0.5, 0.6) is 5.88 Å². The number of carboxylic acids is 1. The van der Waals surface area contributed by atoms with Gasteiger partial charge in [0.1, 0.15) is 18.0 Å². The molecule has 2 aliphatic heterocycles. The lowest BCUT2D eigenvalue weighted by atomic mass is 10.00. The van der Waals surface area contributed by atoms with Gasteiger partial charge in [0.15, 0.2) is 5.88 Å². The topological polar surface area (TPSA) is 123 Å². The minimum absolute atomic E-state index is 0.0948. The maximum Gasteiger partial charge on any atom is 0.335 e. The molecule has 0 saturated carbocycles. The number of hydrogen-bond donors (Lipinski definition) is 4. The molecule has 3 aromatic rings.